The monoisotopic (exact) mass is 845 g/mol. The van der Waals surface area contributed by atoms with Crippen LogP contribution in [0.15, 0.2) is 42.6 Å². The molecule has 17 heteroatoms. The Bertz CT molecular complexity index is 2280. The van der Waals surface area contributed by atoms with Crippen molar-refractivity contribution in [2.24, 2.45) is 11.7 Å². The SMILES string of the molecule is CN(C(=O)c1cc(N2CC(CN3CCc4cc(Nc5nc(N6CCCC(N7CCN(C8CCCC8)C7=O)C6)cnc5C(N)=O)ccc4C3)C2)ccc1C=O)C1CCC(=O)NC1=O. The van der Waals surface area contributed by atoms with E-state index in [1.165, 1.54) is 35.9 Å². The topological polar surface area (TPSA) is 198 Å². The number of piperidine rings is 2. The zero-order valence-electron chi connectivity index (χ0n) is 35.3. The fraction of sp³-hybridized carbons (Fsp3) is 0.511. The van der Waals surface area contributed by atoms with Gasteiger partial charge in [0.05, 0.1) is 17.8 Å². The minimum atomic E-state index is -0.781. The van der Waals surface area contributed by atoms with Crippen molar-refractivity contribution in [3.8, 4) is 0 Å². The van der Waals surface area contributed by atoms with Gasteiger partial charge in [-0.15, -0.1) is 0 Å². The molecule has 2 unspecified atom stereocenters. The molecule has 2 atom stereocenters. The van der Waals surface area contributed by atoms with Gasteiger partial charge in [-0.3, -0.25) is 34.2 Å². The van der Waals surface area contributed by atoms with Crippen LogP contribution in [0.3, 0.4) is 0 Å². The minimum absolute atomic E-state index is 0.0738. The first-order chi connectivity index (χ1) is 30.0. The standard InChI is InChI=1S/C45H55N11O6/c1-51(37-12-13-39(58)50-43(37)60)44(61)36-20-34(11-9-31(36)27-57)54-23-28(24-54)22-52-16-14-29-19-32(10-8-30(29)25-52)48-42-40(41(46)59)47-21-38(49-42)53-15-4-7-35(26-53)56-18-17-55(45(56)62)33-5-2-3-6-33/h8-11,19-21,27-28,33,35,37H,2-7,12-18,22-26H2,1H3,(H2,46,59)(H,48,49)(H,50,58,60). The number of nitrogens with zero attached hydrogens (tertiary/aromatic N) is 8. The van der Waals surface area contributed by atoms with Gasteiger partial charge in [-0.2, -0.15) is 0 Å². The predicted molar refractivity (Wildman–Crippen MR) is 231 cm³/mol. The lowest BCUT2D eigenvalue weighted by Crippen LogP contribution is -2.53. The highest BCUT2D eigenvalue weighted by Gasteiger charge is 2.40. The number of rotatable bonds is 12. The molecule has 3 aromatic rings. The number of aldehydes is 1. The van der Waals surface area contributed by atoms with E-state index in [9.17, 15) is 28.8 Å². The van der Waals surface area contributed by atoms with Crippen molar-refractivity contribution < 1.29 is 28.8 Å². The number of benzene rings is 2. The molecule has 4 N–H and O–H groups in total. The largest absolute Gasteiger partial charge is 0.371 e. The van der Waals surface area contributed by atoms with Crippen LogP contribution in [0.1, 0.15) is 93.7 Å². The Balaban J connectivity index is 0.801. The molecule has 0 bridgehead atoms. The third kappa shape index (κ3) is 8.29. The van der Waals surface area contributed by atoms with E-state index in [1.54, 1.807) is 18.3 Å². The van der Waals surface area contributed by atoms with Gasteiger partial charge in [0.25, 0.3) is 11.8 Å². The maximum absolute atomic E-state index is 13.5. The molecule has 2 aromatic carbocycles. The molecule has 1 aromatic heterocycles. The van der Waals surface area contributed by atoms with E-state index in [0.29, 0.717) is 36.4 Å². The molecule has 1 saturated carbocycles. The van der Waals surface area contributed by atoms with Crippen molar-refractivity contribution in [1.82, 2.24) is 34.9 Å². The highest BCUT2D eigenvalue weighted by molar-refractivity contribution is 6.06. The Hall–Kier alpha value is -6.10. The highest BCUT2D eigenvalue weighted by Crippen LogP contribution is 2.33. The molecule has 6 heterocycles. The molecule has 5 aliphatic heterocycles. The summed E-state index contributed by atoms with van der Waals surface area (Å²) >= 11 is 0. The zero-order valence-corrected chi connectivity index (χ0v) is 35.3. The average Bonchev–Trinajstić information content (AvgIpc) is 3.94. The fourth-order valence-corrected chi connectivity index (χ4v) is 10.3. The Kier molecular flexibility index (Phi) is 11.5. The summed E-state index contributed by atoms with van der Waals surface area (Å²) in [4.78, 5) is 97.1. The quantitative estimate of drug-likeness (QED) is 0.178. The van der Waals surface area contributed by atoms with Crippen molar-refractivity contribution in [2.75, 3.05) is 74.5 Å². The number of imide groups is 1. The van der Waals surface area contributed by atoms with E-state index in [1.807, 2.05) is 12.1 Å². The second kappa shape index (κ2) is 17.3. The molecule has 62 heavy (non-hydrogen) atoms. The number of fused-ring (bicyclic) bond motifs is 1. The number of amides is 6. The summed E-state index contributed by atoms with van der Waals surface area (Å²) in [6.45, 7) is 7.21. The van der Waals surface area contributed by atoms with Crippen LogP contribution < -0.4 is 26.2 Å². The molecular weight excluding hydrogens is 791 g/mol. The summed E-state index contributed by atoms with van der Waals surface area (Å²) in [5.41, 5.74) is 10.4. The number of hydrogen-bond donors (Lipinski definition) is 3. The molecule has 5 fully saturated rings. The number of hydrogen-bond acceptors (Lipinski definition) is 12. The highest BCUT2D eigenvalue weighted by atomic mass is 16.2. The number of carbonyl (C=O) groups excluding carboxylic acids is 6. The van der Waals surface area contributed by atoms with Crippen molar-refractivity contribution in [1.29, 1.82) is 0 Å². The lowest BCUT2D eigenvalue weighted by atomic mass is 9.94. The van der Waals surface area contributed by atoms with Gasteiger partial charge >= 0.3 is 6.03 Å². The Morgan fingerprint density at radius 3 is 2.42 bits per heavy atom. The number of primary amides is 1. The first-order valence-electron chi connectivity index (χ1n) is 22.1. The molecule has 326 valence electrons. The van der Waals surface area contributed by atoms with Gasteiger partial charge < -0.3 is 35.6 Å². The van der Waals surface area contributed by atoms with Crippen molar-refractivity contribution in [2.45, 2.75) is 82.5 Å². The number of nitrogens with one attached hydrogen (secondary N) is 2. The summed E-state index contributed by atoms with van der Waals surface area (Å²) in [6.07, 6.45) is 9.98. The van der Waals surface area contributed by atoms with Crippen LogP contribution in [-0.2, 0) is 22.6 Å². The lowest BCUT2D eigenvalue weighted by Gasteiger charge is -2.44. The smallest absolute Gasteiger partial charge is 0.320 e. The third-order valence-corrected chi connectivity index (χ3v) is 13.8. The third-order valence-electron chi connectivity index (χ3n) is 13.8. The zero-order chi connectivity index (χ0) is 43.1. The number of aromatic nitrogens is 2. The lowest BCUT2D eigenvalue weighted by molar-refractivity contribution is -0.136. The Labute approximate surface area is 361 Å². The fourth-order valence-electron chi connectivity index (χ4n) is 10.3. The molecular formula is C45H55N11O6. The summed E-state index contributed by atoms with van der Waals surface area (Å²) in [7, 11) is 1.53. The van der Waals surface area contributed by atoms with E-state index < -0.39 is 23.8 Å². The van der Waals surface area contributed by atoms with E-state index in [0.717, 1.165) is 95.8 Å². The van der Waals surface area contributed by atoms with Crippen LogP contribution in [0.5, 0.6) is 0 Å². The molecule has 9 rings (SSSR count). The van der Waals surface area contributed by atoms with E-state index in [2.05, 4.69) is 52.2 Å². The van der Waals surface area contributed by atoms with Crippen LogP contribution >= 0.6 is 0 Å². The predicted octanol–water partition coefficient (Wildman–Crippen LogP) is 3.15. The number of nitrogens with two attached hydrogens (primary N) is 1. The van der Waals surface area contributed by atoms with Crippen LogP contribution in [-0.4, -0.2) is 143 Å². The maximum Gasteiger partial charge on any atom is 0.320 e. The van der Waals surface area contributed by atoms with Gasteiger partial charge in [-0.05, 0) is 80.0 Å². The van der Waals surface area contributed by atoms with Crippen molar-refractivity contribution in [3.05, 3.63) is 70.5 Å². The number of carbonyl (C=O) groups is 6. The van der Waals surface area contributed by atoms with Crippen LogP contribution in [0.2, 0.25) is 0 Å². The number of urea groups is 1. The number of likely N-dealkylation sites (N-methyl/N-ethyl adjacent to an activating group) is 1. The molecule has 0 spiro atoms. The minimum Gasteiger partial charge on any atom is -0.371 e. The van der Waals surface area contributed by atoms with Gasteiger partial charge in [0.2, 0.25) is 11.8 Å². The molecule has 17 nitrogen and oxygen atoms in total. The Morgan fingerprint density at radius 2 is 1.66 bits per heavy atom. The van der Waals surface area contributed by atoms with E-state index >= 15 is 0 Å². The molecule has 0 radical (unpaired) electrons. The summed E-state index contributed by atoms with van der Waals surface area (Å²) in [5, 5.41) is 5.65. The summed E-state index contributed by atoms with van der Waals surface area (Å²) in [6, 6.07) is 11.3. The number of anilines is 4. The molecule has 6 aliphatic rings. The first kappa shape index (κ1) is 41.3. The summed E-state index contributed by atoms with van der Waals surface area (Å²) < 4.78 is 0. The molecule has 6 amide bonds. The van der Waals surface area contributed by atoms with Crippen LogP contribution in [0.25, 0.3) is 0 Å². The van der Waals surface area contributed by atoms with Gasteiger partial charge in [0.1, 0.15) is 11.9 Å². The van der Waals surface area contributed by atoms with E-state index in [-0.39, 0.29) is 47.6 Å². The van der Waals surface area contributed by atoms with Crippen molar-refractivity contribution >= 4 is 59.0 Å². The maximum atomic E-state index is 13.5. The van der Waals surface area contributed by atoms with Crippen LogP contribution in [0, 0.1) is 5.92 Å². The summed E-state index contributed by atoms with van der Waals surface area (Å²) in [5.74, 6) is -0.582. The van der Waals surface area contributed by atoms with Crippen molar-refractivity contribution in [3.63, 3.8) is 0 Å². The first-order valence-corrected chi connectivity index (χ1v) is 22.1. The molecule has 4 saturated heterocycles. The van der Waals surface area contributed by atoms with Gasteiger partial charge in [0.15, 0.2) is 17.8 Å². The van der Waals surface area contributed by atoms with Gasteiger partial charge in [0, 0.05) is 101 Å². The van der Waals surface area contributed by atoms with Gasteiger partial charge in [-0.1, -0.05) is 18.9 Å². The van der Waals surface area contributed by atoms with Gasteiger partial charge in [-0.25, -0.2) is 14.8 Å². The molecule has 1 aliphatic carbocycles. The second-order valence-electron chi connectivity index (χ2n) is 17.8. The van der Waals surface area contributed by atoms with E-state index in [4.69, 9.17) is 10.7 Å². The second-order valence-corrected chi connectivity index (χ2v) is 17.8. The normalized spacial score (nSPS) is 22.4. The Morgan fingerprint density at radius 1 is 0.887 bits per heavy atom. The van der Waals surface area contributed by atoms with Crippen LogP contribution in [0.4, 0.5) is 27.8 Å². The average molecular weight is 846 g/mol.